The van der Waals surface area contributed by atoms with Crippen LogP contribution < -0.4 is 9.80 Å². The van der Waals surface area contributed by atoms with Crippen molar-refractivity contribution in [1.82, 2.24) is 0 Å². The van der Waals surface area contributed by atoms with E-state index >= 15 is 26.3 Å². The molecule has 1 unspecified atom stereocenters. The molecule has 65 heavy (non-hydrogen) atoms. The molecule has 1 aliphatic heterocycles. The third kappa shape index (κ3) is 7.14. The summed E-state index contributed by atoms with van der Waals surface area (Å²) in [5, 5.41) is 0. The number of fused-ring (bicyclic) bond motifs is 1. The number of nitrogens with zero attached hydrogens (tertiary/aromatic N) is 2. The van der Waals surface area contributed by atoms with E-state index < -0.39 is 68.8 Å². The van der Waals surface area contributed by atoms with Crippen molar-refractivity contribution in [2.75, 3.05) is 23.9 Å². The molecular weight excluding hydrogens is 843 g/mol. The van der Waals surface area contributed by atoms with Crippen LogP contribution in [0, 0.1) is 34.6 Å². The largest absolute Gasteiger partial charge is 0.411 e. The highest BCUT2D eigenvalue weighted by Crippen LogP contribution is 2.57. The lowest BCUT2D eigenvalue weighted by Gasteiger charge is -2.39. The molecule has 334 valence electrons. The fourth-order valence-corrected chi connectivity index (χ4v) is 10.1. The van der Waals surface area contributed by atoms with Crippen LogP contribution in [-0.4, -0.2) is 49.8 Å². The van der Waals surface area contributed by atoms with Gasteiger partial charge in [0.05, 0.1) is 22.2 Å². The molecule has 0 bridgehead atoms. The molecular formula is C53H46F6N2O4. The molecule has 12 heteroatoms. The first-order chi connectivity index (χ1) is 30.4. The van der Waals surface area contributed by atoms with Gasteiger partial charge in [-0.05, 0) is 128 Å². The van der Waals surface area contributed by atoms with Crippen LogP contribution in [0.2, 0.25) is 0 Å². The first-order valence-corrected chi connectivity index (χ1v) is 20.8. The van der Waals surface area contributed by atoms with E-state index in [9.17, 15) is 19.2 Å². The van der Waals surface area contributed by atoms with Gasteiger partial charge in [-0.3, -0.25) is 19.2 Å². The number of benzene rings is 6. The molecule has 0 N–H and O–H groups in total. The molecule has 6 nitrogen and oxygen atoms in total. The fourth-order valence-electron chi connectivity index (χ4n) is 10.1. The Bertz CT molecular complexity index is 2890. The topological polar surface area (TPSA) is 74.8 Å². The average molecular weight is 889 g/mol. The number of anilines is 2. The van der Waals surface area contributed by atoms with E-state index in [1.807, 2.05) is 95.5 Å². The molecule has 6 aromatic rings. The number of amides is 2. The third-order valence-corrected chi connectivity index (χ3v) is 12.7. The smallest absolute Gasteiger partial charge is 0.377 e. The monoisotopic (exact) mass is 888 g/mol. The summed E-state index contributed by atoms with van der Waals surface area (Å²) in [5.74, 6) is -3.70. The normalized spacial score (nSPS) is 14.0. The van der Waals surface area contributed by atoms with Gasteiger partial charge >= 0.3 is 12.4 Å². The number of Topliss-reactive ketones (excluding diaryl/α,β-unsaturated/α-hetero) is 2. The van der Waals surface area contributed by atoms with E-state index in [4.69, 9.17) is 0 Å². The van der Waals surface area contributed by atoms with Crippen molar-refractivity contribution in [3.05, 3.63) is 199 Å². The summed E-state index contributed by atoms with van der Waals surface area (Å²) in [4.78, 5) is 56.4. The minimum absolute atomic E-state index is 0.132. The van der Waals surface area contributed by atoms with Gasteiger partial charge in [0.15, 0.2) is 11.6 Å². The van der Waals surface area contributed by atoms with Crippen molar-refractivity contribution < 1.29 is 45.5 Å². The maximum Gasteiger partial charge on any atom is 0.411 e. The summed E-state index contributed by atoms with van der Waals surface area (Å²) in [7, 11) is 3.96. The van der Waals surface area contributed by atoms with Crippen LogP contribution in [0.1, 0.15) is 116 Å². The van der Waals surface area contributed by atoms with Gasteiger partial charge in [-0.2, -0.15) is 26.3 Å². The molecule has 0 aromatic heterocycles. The molecule has 0 saturated heterocycles. The Morgan fingerprint density at radius 2 is 0.969 bits per heavy atom. The quantitative estimate of drug-likeness (QED) is 0.0593. The predicted molar refractivity (Wildman–Crippen MR) is 240 cm³/mol. The van der Waals surface area contributed by atoms with Crippen molar-refractivity contribution >= 4 is 34.8 Å². The second-order valence-corrected chi connectivity index (χ2v) is 17.1. The molecule has 0 fully saturated rings. The molecule has 1 atom stereocenters. The summed E-state index contributed by atoms with van der Waals surface area (Å²) >= 11 is 0. The zero-order valence-corrected chi connectivity index (χ0v) is 37.3. The lowest BCUT2D eigenvalue weighted by atomic mass is 9.63. The number of carbonyl (C=O) groups excluding carboxylic acids is 4. The number of halogens is 6. The molecule has 2 amide bonds. The van der Waals surface area contributed by atoms with Crippen LogP contribution in [0.15, 0.2) is 115 Å². The number of hydrogen-bond donors (Lipinski definition) is 0. The summed E-state index contributed by atoms with van der Waals surface area (Å²) in [6.45, 7) is 11.5. The number of carbonyl (C=O) groups is 4. The van der Waals surface area contributed by atoms with Crippen molar-refractivity contribution in [3.8, 4) is 0 Å². The Hall–Kier alpha value is -6.82. The SMILES string of the molecule is CC(=O)c1ccc(C(c2ccc3c(c2)C(=O)N(c2c(C)cc(C(c4ccccc4)(c4cc(C)c(N(C)C)c(C)c4)c4ccccc4C)cc2C)C3=O)(C(F)(F)F)C(F)(F)F)cc1C(C)=O. The molecule has 0 saturated carbocycles. The Morgan fingerprint density at radius 3 is 1.48 bits per heavy atom. The summed E-state index contributed by atoms with van der Waals surface area (Å²) in [6.07, 6.45) is -12.2. The van der Waals surface area contributed by atoms with Crippen LogP contribution in [0.25, 0.3) is 0 Å². The van der Waals surface area contributed by atoms with Gasteiger partial charge in [0.1, 0.15) is 0 Å². The van der Waals surface area contributed by atoms with E-state index in [0.29, 0.717) is 35.4 Å². The highest BCUT2D eigenvalue weighted by Gasteiger charge is 2.73. The highest BCUT2D eigenvalue weighted by molar-refractivity contribution is 6.35. The van der Waals surface area contributed by atoms with Gasteiger partial charge < -0.3 is 4.90 Å². The fraction of sp³-hybridized carbons (Fsp3) is 0.245. The minimum atomic E-state index is -6.09. The van der Waals surface area contributed by atoms with Gasteiger partial charge in [0.2, 0.25) is 5.41 Å². The van der Waals surface area contributed by atoms with Crippen molar-refractivity contribution in [2.45, 2.75) is 71.6 Å². The standard InChI is InChI=1S/C53H46F6N2O4/c1-29-15-13-14-18-45(29)50(36-16-11-10-12-17-36,39-23-30(2)46(60(8)9)31(3)24-39)40-25-32(4)47(33(5)26-40)61-48(64)42-22-20-38(28-44(42)49(61)65)51(52(54,55)56,53(57,58)59)37-19-21-41(34(6)62)43(27-37)35(7)63/h10-28H,1-9H3. The first kappa shape index (κ1) is 46.2. The maximum absolute atomic E-state index is 15.4. The summed E-state index contributed by atoms with van der Waals surface area (Å²) < 4.78 is 92.4. The van der Waals surface area contributed by atoms with E-state index in [2.05, 4.69) is 23.1 Å². The van der Waals surface area contributed by atoms with Crippen molar-refractivity contribution in [3.63, 3.8) is 0 Å². The Labute approximate surface area is 373 Å². The van der Waals surface area contributed by atoms with Gasteiger partial charge in [-0.1, -0.05) is 97.1 Å². The van der Waals surface area contributed by atoms with Gasteiger partial charge in [0.25, 0.3) is 11.8 Å². The van der Waals surface area contributed by atoms with E-state index in [1.54, 1.807) is 13.8 Å². The van der Waals surface area contributed by atoms with Crippen LogP contribution in [0.4, 0.5) is 37.7 Å². The summed E-state index contributed by atoms with van der Waals surface area (Å²) in [6, 6.07) is 29.4. The van der Waals surface area contributed by atoms with Crippen molar-refractivity contribution in [2.24, 2.45) is 0 Å². The number of aryl methyl sites for hydroxylation is 5. The molecule has 7 rings (SSSR count). The van der Waals surface area contributed by atoms with Crippen LogP contribution >= 0.6 is 0 Å². The second-order valence-electron chi connectivity index (χ2n) is 17.1. The lowest BCUT2D eigenvalue weighted by molar-refractivity contribution is -0.288. The van der Waals surface area contributed by atoms with E-state index in [1.165, 1.54) is 0 Å². The first-order valence-electron chi connectivity index (χ1n) is 20.8. The van der Waals surface area contributed by atoms with Crippen molar-refractivity contribution in [1.29, 1.82) is 0 Å². The van der Waals surface area contributed by atoms with Crippen LogP contribution in [0.5, 0.6) is 0 Å². The van der Waals surface area contributed by atoms with E-state index in [0.717, 1.165) is 75.5 Å². The Morgan fingerprint density at radius 1 is 0.492 bits per heavy atom. The van der Waals surface area contributed by atoms with Gasteiger partial charge in [-0.15, -0.1) is 0 Å². The molecule has 1 heterocycles. The number of ketones is 2. The Kier molecular flexibility index (Phi) is 11.6. The predicted octanol–water partition coefficient (Wildman–Crippen LogP) is 12.3. The molecule has 1 aliphatic rings. The lowest BCUT2D eigenvalue weighted by Crippen LogP contribution is -2.55. The number of hydrogen-bond acceptors (Lipinski definition) is 5. The maximum atomic E-state index is 15.4. The summed E-state index contributed by atoms with van der Waals surface area (Å²) in [5.41, 5.74) is -1.81. The molecule has 6 aromatic carbocycles. The van der Waals surface area contributed by atoms with Gasteiger partial charge in [0, 0.05) is 30.9 Å². The zero-order valence-electron chi connectivity index (χ0n) is 37.3. The number of rotatable bonds is 10. The highest BCUT2D eigenvalue weighted by atomic mass is 19.4. The zero-order chi connectivity index (χ0) is 47.7. The third-order valence-electron chi connectivity index (χ3n) is 12.7. The Balaban J connectivity index is 1.44. The van der Waals surface area contributed by atoms with E-state index in [-0.39, 0.29) is 16.8 Å². The molecule has 0 radical (unpaired) electrons. The van der Waals surface area contributed by atoms with Crippen LogP contribution in [-0.2, 0) is 10.8 Å². The molecule has 0 spiro atoms. The van der Waals surface area contributed by atoms with Gasteiger partial charge in [-0.25, -0.2) is 4.90 Å². The average Bonchev–Trinajstić information content (AvgIpc) is 3.45. The number of imide groups is 1. The minimum Gasteiger partial charge on any atom is -0.377 e. The second kappa shape index (κ2) is 16.3. The number of alkyl halides is 6. The van der Waals surface area contributed by atoms with Crippen LogP contribution in [0.3, 0.4) is 0 Å². The molecule has 0 aliphatic carbocycles.